The summed E-state index contributed by atoms with van der Waals surface area (Å²) in [4.78, 5) is 12.1. The van der Waals surface area contributed by atoms with Crippen LogP contribution in [0.4, 0.5) is 13.2 Å². The fraction of sp³-hybridized carbons (Fsp3) is 0.632. The van der Waals surface area contributed by atoms with Crippen molar-refractivity contribution < 1.29 is 31.1 Å². The number of nitrogens with one attached hydrogen (secondary N) is 1. The zero-order valence-electron chi connectivity index (χ0n) is 15.9. The van der Waals surface area contributed by atoms with Crippen LogP contribution in [0.1, 0.15) is 67.3 Å². The summed E-state index contributed by atoms with van der Waals surface area (Å²) in [6, 6.07) is 2.42. The molecule has 0 spiro atoms. The molecule has 0 saturated heterocycles. The highest BCUT2D eigenvalue weighted by molar-refractivity contribution is 7.89. The summed E-state index contributed by atoms with van der Waals surface area (Å²) in [6.07, 6.45) is 2.78. The van der Waals surface area contributed by atoms with Crippen molar-refractivity contribution in [2.75, 3.05) is 12.9 Å². The Morgan fingerprint density at radius 3 is 2.36 bits per heavy atom. The molecule has 1 aromatic rings. The highest BCUT2D eigenvalue weighted by atomic mass is 32.2. The van der Waals surface area contributed by atoms with Gasteiger partial charge in [0.05, 0.1) is 18.4 Å². The lowest BCUT2D eigenvalue weighted by Gasteiger charge is -2.37. The van der Waals surface area contributed by atoms with E-state index in [2.05, 4.69) is 0 Å². The molecular weight excluding hydrogens is 395 g/mol. The second-order valence-corrected chi connectivity index (χ2v) is 10.1. The first-order valence-corrected chi connectivity index (χ1v) is 11.1. The molecule has 1 amide bonds. The quantitative estimate of drug-likeness (QED) is 0.757. The Morgan fingerprint density at radius 1 is 1.21 bits per heavy atom. The van der Waals surface area contributed by atoms with E-state index in [1.54, 1.807) is 4.72 Å². The van der Waals surface area contributed by atoms with Gasteiger partial charge in [0.15, 0.2) is 0 Å². The molecule has 0 atom stereocenters. The SMILES string of the molecule is CC1(COc2cc(F)c(C(=O)NS(C)(=O)=O)cc2C2CC2)CCC(F)(F)CC1. The maximum absolute atomic E-state index is 14.5. The largest absolute Gasteiger partial charge is 0.493 e. The van der Waals surface area contributed by atoms with Gasteiger partial charge in [0, 0.05) is 24.3 Å². The van der Waals surface area contributed by atoms with Gasteiger partial charge in [-0.3, -0.25) is 4.79 Å². The van der Waals surface area contributed by atoms with Crippen LogP contribution in [0.5, 0.6) is 5.75 Å². The zero-order chi connectivity index (χ0) is 20.7. The number of hydrogen-bond donors (Lipinski definition) is 1. The van der Waals surface area contributed by atoms with Gasteiger partial charge in [0.1, 0.15) is 11.6 Å². The summed E-state index contributed by atoms with van der Waals surface area (Å²) < 4.78 is 71.4. The highest BCUT2D eigenvalue weighted by Gasteiger charge is 2.41. The molecule has 5 nitrogen and oxygen atoms in total. The Bertz CT molecular complexity index is 871. The predicted octanol–water partition coefficient (Wildman–Crippen LogP) is 3.99. The Labute approximate surface area is 162 Å². The van der Waals surface area contributed by atoms with E-state index in [0.29, 0.717) is 18.4 Å². The minimum absolute atomic E-state index is 0.115. The molecule has 156 valence electrons. The van der Waals surface area contributed by atoms with Gasteiger partial charge in [-0.2, -0.15) is 0 Å². The molecule has 2 saturated carbocycles. The van der Waals surface area contributed by atoms with Crippen LogP contribution in [0, 0.1) is 11.2 Å². The number of sulfonamides is 1. The van der Waals surface area contributed by atoms with Gasteiger partial charge in [-0.25, -0.2) is 26.3 Å². The smallest absolute Gasteiger partial charge is 0.267 e. The van der Waals surface area contributed by atoms with Crippen molar-refractivity contribution in [3.8, 4) is 5.75 Å². The molecule has 1 aromatic carbocycles. The van der Waals surface area contributed by atoms with Crippen molar-refractivity contribution in [1.29, 1.82) is 0 Å². The van der Waals surface area contributed by atoms with Crippen LogP contribution in [0.3, 0.4) is 0 Å². The molecule has 0 aliphatic heterocycles. The van der Waals surface area contributed by atoms with E-state index in [1.807, 2.05) is 6.92 Å². The fourth-order valence-electron chi connectivity index (χ4n) is 3.42. The van der Waals surface area contributed by atoms with Gasteiger partial charge in [-0.1, -0.05) is 6.92 Å². The molecule has 2 fully saturated rings. The molecular formula is C19H24F3NO4S. The summed E-state index contributed by atoms with van der Waals surface area (Å²) in [5, 5.41) is 0. The summed E-state index contributed by atoms with van der Waals surface area (Å²) in [7, 11) is -3.82. The number of benzene rings is 1. The molecule has 0 bridgehead atoms. The summed E-state index contributed by atoms with van der Waals surface area (Å²) in [5.41, 5.74) is -0.140. The minimum Gasteiger partial charge on any atom is -0.493 e. The summed E-state index contributed by atoms with van der Waals surface area (Å²) >= 11 is 0. The van der Waals surface area contributed by atoms with E-state index in [0.717, 1.165) is 25.2 Å². The topological polar surface area (TPSA) is 72.5 Å². The number of halogens is 3. The molecule has 28 heavy (non-hydrogen) atoms. The third kappa shape index (κ3) is 5.18. The molecule has 9 heteroatoms. The molecule has 0 radical (unpaired) electrons. The number of alkyl halides is 2. The van der Waals surface area contributed by atoms with Crippen LogP contribution < -0.4 is 9.46 Å². The van der Waals surface area contributed by atoms with Crippen molar-refractivity contribution in [2.24, 2.45) is 5.41 Å². The Morgan fingerprint density at radius 2 is 1.82 bits per heavy atom. The number of carbonyl (C=O) groups excluding carboxylic acids is 1. The van der Waals surface area contributed by atoms with Gasteiger partial charge in [0.2, 0.25) is 15.9 Å². The molecule has 0 heterocycles. The second kappa shape index (κ2) is 7.24. The Kier molecular flexibility index (Phi) is 5.42. The number of carbonyl (C=O) groups is 1. The van der Waals surface area contributed by atoms with Crippen molar-refractivity contribution in [1.82, 2.24) is 4.72 Å². The average Bonchev–Trinajstić information content (AvgIpc) is 3.39. The Balaban J connectivity index is 1.78. The number of hydrogen-bond acceptors (Lipinski definition) is 4. The molecule has 2 aliphatic carbocycles. The molecule has 1 N–H and O–H groups in total. The standard InChI is InChI=1S/C19H24F3NO4S/c1-18(5-7-19(21,22)8-6-18)11-27-16-10-15(20)14(9-13(16)12-3-4-12)17(24)23-28(2,25)26/h9-10,12H,3-8,11H2,1-2H3,(H,23,24). The first-order valence-electron chi connectivity index (χ1n) is 9.24. The van der Waals surface area contributed by atoms with Gasteiger partial charge in [-0.05, 0) is 43.2 Å². The predicted molar refractivity (Wildman–Crippen MR) is 97.7 cm³/mol. The van der Waals surface area contributed by atoms with Crippen molar-refractivity contribution in [3.05, 3.63) is 29.1 Å². The van der Waals surface area contributed by atoms with Gasteiger partial charge < -0.3 is 4.74 Å². The number of rotatable bonds is 6. The van der Waals surface area contributed by atoms with E-state index in [9.17, 15) is 26.4 Å². The number of ether oxygens (including phenoxy) is 1. The zero-order valence-corrected chi connectivity index (χ0v) is 16.7. The van der Waals surface area contributed by atoms with Gasteiger partial charge in [0.25, 0.3) is 5.91 Å². The lowest BCUT2D eigenvalue weighted by Crippen LogP contribution is -2.35. The maximum Gasteiger partial charge on any atom is 0.267 e. The van der Waals surface area contributed by atoms with Gasteiger partial charge in [-0.15, -0.1) is 0 Å². The molecule has 3 rings (SSSR count). The van der Waals surface area contributed by atoms with Gasteiger partial charge >= 0.3 is 0 Å². The van der Waals surface area contributed by atoms with Crippen LogP contribution in [-0.4, -0.2) is 33.1 Å². The first-order chi connectivity index (χ1) is 12.9. The third-order valence-corrected chi connectivity index (χ3v) is 5.96. The fourth-order valence-corrected chi connectivity index (χ4v) is 3.87. The summed E-state index contributed by atoms with van der Waals surface area (Å²) in [6.45, 7) is 2.06. The van der Waals surface area contributed by atoms with E-state index in [4.69, 9.17) is 4.74 Å². The number of amides is 1. The normalized spacial score (nSPS) is 21.2. The van der Waals surface area contributed by atoms with E-state index >= 15 is 0 Å². The molecule has 2 aliphatic rings. The van der Waals surface area contributed by atoms with Crippen molar-refractivity contribution >= 4 is 15.9 Å². The first kappa shape index (κ1) is 21.0. The average molecular weight is 419 g/mol. The van der Waals surface area contributed by atoms with Crippen LogP contribution in [-0.2, 0) is 10.0 Å². The van der Waals surface area contributed by atoms with E-state index < -0.39 is 33.1 Å². The summed E-state index contributed by atoms with van der Waals surface area (Å²) in [5.74, 6) is -4.16. The van der Waals surface area contributed by atoms with Crippen molar-refractivity contribution in [2.45, 2.75) is 57.3 Å². The lowest BCUT2D eigenvalue weighted by atomic mass is 9.75. The van der Waals surface area contributed by atoms with Crippen LogP contribution in [0.15, 0.2) is 12.1 Å². The van der Waals surface area contributed by atoms with Crippen LogP contribution >= 0.6 is 0 Å². The maximum atomic E-state index is 14.5. The Hall–Kier alpha value is -1.77. The second-order valence-electron chi connectivity index (χ2n) is 8.30. The lowest BCUT2D eigenvalue weighted by molar-refractivity contribution is -0.0712. The highest BCUT2D eigenvalue weighted by Crippen LogP contribution is 2.47. The minimum atomic E-state index is -3.82. The monoisotopic (exact) mass is 419 g/mol. The van der Waals surface area contributed by atoms with Crippen molar-refractivity contribution in [3.63, 3.8) is 0 Å². The third-order valence-electron chi connectivity index (χ3n) is 5.40. The van der Waals surface area contributed by atoms with E-state index in [1.165, 1.54) is 6.07 Å². The molecule has 0 unspecified atom stereocenters. The van der Waals surface area contributed by atoms with Crippen LogP contribution in [0.2, 0.25) is 0 Å². The van der Waals surface area contributed by atoms with Crippen LogP contribution in [0.25, 0.3) is 0 Å². The van der Waals surface area contributed by atoms with E-state index in [-0.39, 0.29) is 36.7 Å². The molecule has 0 aromatic heterocycles.